The van der Waals surface area contributed by atoms with Gasteiger partial charge < -0.3 is 9.73 Å². The number of furan rings is 1. The first-order valence-corrected chi connectivity index (χ1v) is 6.40. The topological polar surface area (TPSA) is 42.2 Å². The molecule has 1 aromatic heterocycles. The van der Waals surface area contributed by atoms with Gasteiger partial charge in [0.1, 0.15) is 11.5 Å². The minimum absolute atomic E-state index is 0.0900. The highest BCUT2D eigenvalue weighted by Crippen LogP contribution is 2.38. The van der Waals surface area contributed by atoms with Crippen molar-refractivity contribution in [1.82, 2.24) is 0 Å². The standard InChI is InChI=1S/C14H11NO2S/c1-9-6-7-10(17-9)8-13-14(16)15-11-4-2-3-5-12(11)18-13/h2-8H,1H3,(H,15,16)/b13-8-. The maximum absolute atomic E-state index is 11.9. The number of amides is 1. The van der Waals surface area contributed by atoms with Crippen LogP contribution in [0.1, 0.15) is 11.5 Å². The van der Waals surface area contributed by atoms with Gasteiger partial charge in [-0.15, -0.1) is 0 Å². The molecule has 3 nitrogen and oxygen atoms in total. The zero-order valence-electron chi connectivity index (χ0n) is 9.77. The van der Waals surface area contributed by atoms with Crippen molar-refractivity contribution < 1.29 is 9.21 Å². The third-order valence-corrected chi connectivity index (χ3v) is 3.71. The lowest BCUT2D eigenvalue weighted by molar-refractivity contribution is -0.112. The molecule has 1 aliphatic heterocycles. The molecule has 1 amide bonds. The quantitative estimate of drug-likeness (QED) is 0.792. The maximum Gasteiger partial charge on any atom is 0.262 e. The van der Waals surface area contributed by atoms with Crippen LogP contribution in [-0.4, -0.2) is 5.91 Å². The van der Waals surface area contributed by atoms with E-state index in [2.05, 4.69) is 5.32 Å². The molecular formula is C14H11NO2S. The van der Waals surface area contributed by atoms with E-state index in [9.17, 15) is 4.79 Å². The van der Waals surface area contributed by atoms with Crippen LogP contribution < -0.4 is 5.32 Å². The fourth-order valence-electron chi connectivity index (χ4n) is 1.76. The average Bonchev–Trinajstić information content (AvgIpc) is 2.76. The van der Waals surface area contributed by atoms with Crippen molar-refractivity contribution in [3.63, 3.8) is 0 Å². The summed E-state index contributed by atoms with van der Waals surface area (Å²) in [5.74, 6) is 1.45. The third kappa shape index (κ3) is 2.07. The SMILES string of the molecule is Cc1ccc(/C=C2\Sc3ccccc3NC2=O)o1. The van der Waals surface area contributed by atoms with Gasteiger partial charge in [-0.05, 0) is 31.2 Å². The molecule has 0 saturated carbocycles. The van der Waals surface area contributed by atoms with E-state index in [-0.39, 0.29) is 5.91 Å². The molecule has 1 N–H and O–H groups in total. The second-order valence-corrected chi connectivity index (χ2v) is 5.09. The Morgan fingerprint density at radius 3 is 2.83 bits per heavy atom. The van der Waals surface area contributed by atoms with E-state index in [1.807, 2.05) is 43.3 Å². The number of carbonyl (C=O) groups is 1. The number of hydrogen-bond donors (Lipinski definition) is 1. The second kappa shape index (κ2) is 4.38. The fourth-order valence-corrected chi connectivity index (χ4v) is 2.69. The van der Waals surface area contributed by atoms with E-state index in [0.717, 1.165) is 16.3 Å². The molecule has 0 unspecified atom stereocenters. The molecule has 0 atom stereocenters. The number of rotatable bonds is 1. The summed E-state index contributed by atoms with van der Waals surface area (Å²) >= 11 is 1.46. The molecule has 0 saturated heterocycles. The van der Waals surface area contributed by atoms with Gasteiger partial charge in [0, 0.05) is 11.0 Å². The number of aryl methyl sites for hydroxylation is 1. The Labute approximate surface area is 109 Å². The Morgan fingerprint density at radius 2 is 2.06 bits per heavy atom. The third-order valence-electron chi connectivity index (χ3n) is 2.61. The van der Waals surface area contributed by atoms with E-state index in [1.165, 1.54) is 11.8 Å². The summed E-state index contributed by atoms with van der Waals surface area (Å²) in [6, 6.07) is 11.5. The Morgan fingerprint density at radius 1 is 1.22 bits per heavy atom. The Kier molecular flexibility index (Phi) is 2.72. The van der Waals surface area contributed by atoms with Crippen molar-refractivity contribution in [2.75, 3.05) is 5.32 Å². The van der Waals surface area contributed by atoms with Crippen molar-refractivity contribution in [1.29, 1.82) is 0 Å². The van der Waals surface area contributed by atoms with Gasteiger partial charge in [-0.25, -0.2) is 0 Å². The van der Waals surface area contributed by atoms with Gasteiger partial charge >= 0.3 is 0 Å². The van der Waals surface area contributed by atoms with Gasteiger partial charge in [-0.2, -0.15) is 0 Å². The summed E-state index contributed by atoms with van der Waals surface area (Å²) in [6.45, 7) is 1.88. The summed E-state index contributed by atoms with van der Waals surface area (Å²) in [7, 11) is 0. The van der Waals surface area contributed by atoms with Crippen LogP contribution in [0.4, 0.5) is 5.69 Å². The lowest BCUT2D eigenvalue weighted by atomic mass is 10.3. The van der Waals surface area contributed by atoms with Crippen LogP contribution >= 0.6 is 11.8 Å². The summed E-state index contributed by atoms with van der Waals surface area (Å²) in [4.78, 5) is 13.6. The van der Waals surface area contributed by atoms with E-state index in [4.69, 9.17) is 4.42 Å². The van der Waals surface area contributed by atoms with E-state index in [1.54, 1.807) is 6.08 Å². The summed E-state index contributed by atoms with van der Waals surface area (Å²) in [5, 5.41) is 2.87. The first-order chi connectivity index (χ1) is 8.72. The molecule has 0 radical (unpaired) electrons. The molecular weight excluding hydrogens is 246 g/mol. The Bertz CT molecular complexity index is 643. The van der Waals surface area contributed by atoms with Gasteiger partial charge in [0.25, 0.3) is 5.91 Å². The van der Waals surface area contributed by atoms with Crippen LogP contribution in [0.15, 0.2) is 50.6 Å². The number of thioether (sulfide) groups is 1. The highest BCUT2D eigenvalue weighted by atomic mass is 32.2. The van der Waals surface area contributed by atoms with Crippen molar-refractivity contribution >= 4 is 29.4 Å². The van der Waals surface area contributed by atoms with Gasteiger partial charge in [0.05, 0.1) is 10.6 Å². The second-order valence-electron chi connectivity index (χ2n) is 4.01. The van der Waals surface area contributed by atoms with Gasteiger partial charge in [0.2, 0.25) is 0 Å². The normalized spacial score (nSPS) is 16.5. The molecule has 90 valence electrons. The average molecular weight is 257 g/mol. The molecule has 1 aliphatic rings. The first kappa shape index (κ1) is 11.2. The monoisotopic (exact) mass is 257 g/mol. The van der Waals surface area contributed by atoms with E-state index >= 15 is 0 Å². The van der Waals surface area contributed by atoms with Crippen molar-refractivity contribution in [3.8, 4) is 0 Å². The number of anilines is 1. The summed E-state index contributed by atoms with van der Waals surface area (Å²) < 4.78 is 5.45. The molecule has 0 spiro atoms. The van der Waals surface area contributed by atoms with E-state index < -0.39 is 0 Å². The minimum atomic E-state index is -0.0900. The molecule has 0 aliphatic carbocycles. The van der Waals surface area contributed by atoms with Crippen LogP contribution in [0, 0.1) is 6.92 Å². The number of fused-ring (bicyclic) bond motifs is 1. The largest absolute Gasteiger partial charge is 0.462 e. The molecule has 18 heavy (non-hydrogen) atoms. The molecule has 2 heterocycles. The van der Waals surface area contributed by atoms with Gasteiger partial charge in [0.15, 0.2) is 0 Å². The predicted molar refractivity (Wildman–Crippen MR) is 72.4 cm³/mol. The molecule has 2 aromatic rings. The van der Waals surface area contributed by atoms with Crippen molar-refractivity contribution in [2.45, 2.75) is 11.8 Å². The van der Waals surface area contributed by atoms with Crippen molar-refractivity contribution in [3.05, 3.63) is 52.8 Å². The molecule has 1 aromatic carbocycles. The van der Waals surface area contributed by atoms with Crippen LogP contribution in [0.3, 0.4) is 0 Å². The molecule has 3 rings (SSSR count). The lowest BCUT2D eigenvalue weighted by Gasteiger charge is -2.17. The van der Waals surface area contributed by atoms with Crippen LogP contribution in [0.2, 0.25) is 0 Å². The number of carbonyl (C=O) groups excluding carboxylic acids is 1. The highest BCUT2D eigenvalue weighted by Gasteiger charge is 2.20. The number of para-hydroxylation sites is 1. The fraction of sp³-hybridized carbons (Fsp3) is 0.0714. The number of hydrogen-bond acceptors (Lipinski definition) is 3. The van der Waals surface area contributed by atoms with Crippen LogP contribution in [0.25, 0.3) is 6.08 Å². The highest BCUT2D eigenvalue weighted by molar-refractivity contribution is 8.04. The minimum Gasteiger partial charge on any atom is -0.462 e. The van der Waals surface area contributed by atoms with Gasteiger partial charge in [-0.3, -0.25) is 4.79 Å². The zero-order chi connectivity index (χ0) is 12.5. The maximum atomic E-state index is 11.9. The smallest absolute Gasteiger partial charge is 0.262 e. The van der Waals surface area contributed by atoms with E-state index in [0.29, 0.717) is 10.7 Å². The van der Waals surface area contributed by atoms with Crippen molar-refractivity contribution in [2.24, 2.45) is 0 Å². The number of nitrogens with one attached hydrogen (secondary N) is 1. The molecule has 4 heteroatoms. The lowest BCUT2D eigenvalue weighted by Crippen LogP contribution is -2.16. The Hall–Kier alpha value is -1.94. The predicted octanol–water partition coefficient (Wildman–Crippen LogP) is 3.67. The molecule has 0 bridgehead atoms. The molecule has 0 fully saturated rings. The zero-order valence-corrected chi connectivity index (χ0v) is 10.6. The summed E-state index contributed by atoms with van der Waals surface area (Å²) in [6.07, 6.45) is 1.77. The van der Waals surface area contributed by atoms with Gasteiger partial charge in [-0.1, -0.05) is 23.9 Å². The van der Waals surface area contributed by atoms with Crippen LogP contribution in [0.5, 0.6) is 0 Å². The number of benzene rings is 1. The summed E-state index contributed by atoms with van der Waals surface area (Å²) in [5.41, 5.74) is 0.861. The Balaban J connectivity index is 1.96. The van der Waals surface area contributed by atoms with Crippen LogP contribution in [-0.2, 0) is 4.79 Å². The first-order valence-electron chi connectivity index (χ1n) is 5.59.